The minimum atomic E-state index is -0.504. The van der Waals surface area contributed by atoms with Gasteiger partial charge in [0.15, 0.2) is 0 Å². The van der Waals surface area contributed by atoms with E-state index in [1.165, 1.54) is 0 Å². The maximum absolute atomic E-state index is 12.3. The molecule has 4 heteroatoms. The molecule has 3 aromatic carbocycles. The summed E-state index contributed by atoms with van der Waals surface area (Å²) in [6.07, 6.45) is -0.504. The fourth-order valence-corrected chi connectivity index (χ4v) is 2.54. The molecule has 1 atom stereocenters. The van der Waals surface area contributed by atoms with Crippen LogP contribution in [0.3, 0.4) is 0 Å². The number of amides is 1. The predicted molar refractivity (Wildman–Crippen MR) is 96.9 cm³/mol. The highest BCUT2D eigenvalue weighted by molar-refractivity contribution is 5.71. The third-order valence-corrected chi connectivity index (χ3v) is 3.80. The summed E-state index contributed by atoms with van der Waals surface area (Å²) < 4.78 is 10.6. The Balaban J connectivity index is 1.82. The second kappa shape index (κ2) is 8.02. The number of nitrogens with one attached hydrogen (secondary N) is 1. The van der Waals surface area contributed by atoms with Gasteiger partial charge in [0.05, 0.1) is 13.2 Å². The Hall–Kier alpha value is -3.27. The molecule has 3 rings (SSSR count). The lowest BCUT2D eigenvalue weighted by Crippen LogP contribution is -2.31. The maximum atomic E-state index is 12.3. The zero-order chi connectivity index (χ0) is 17.5. The molecule has 0 fully saturated rings. The number of benzene rings is 3. The number of hydrogen-bond donors (Lipinski definition) is 1. The second-order valence-corrected chi connectivity index (χ2v) is 5.46. The molecule has 3 aromatic rings. The van der Waals surface area contributed by atoms with Crippen molar-refractivity contribution in [3.63, 3.8) is 0 Å². The highest BCUT2D eigenvalue weighted by Gasteiger charge is 2.18. The third kappa shape index (κ3) is 4.38. The molecule has 4 nitrogen and oxygen atoms in total. The van der Waals surface area contributed by atoms with Gasteiger partial charge in [-0.1, -0.05) is 60.7 Å². The standard InChI is InChI=1S/C21H19NO3/c1-24-18-14-12-17(13-15-18)20(16-8-4-2-5-9-16)22-21(23)25-19-10-6-3-7-11-19/h2-15,20H,1H3,(H,22,23). The first-order valence-corrected chi connectivity index (χ1v) is 7.98. The molecule has 1 N–H and O–H groups in total. The van der Waals surface area contributed by atoms with Gasteiger partial charge in [-0.25, -0.2) is 4.79 Å². The summed E-state index contributed by atoms with van der Waals surface area (Å²) in [5, 5.41) is 2.93. The highest BCUT2D eigenvalue weighted by atomic mass is 16.6. The molecule has 0 heterocycles. The molecule has 1 unspecified atom stereocenters. The molecule has 0 aliphatic rings. The van der Waals surface area contributed by atoms with Crippen LogP contribution < -0.4 is 14.8 Å². The van der Waals surface area contributed by atoms with Crippen molar-refractivity contribution < 1.29 is 14.3 Å². The van der Waals surface area contributed by atoms with Gasteiger partial charge in [0.1, 0.15) is 11.5 Å². The number of carbonyl (C=O) groups is 1. The molecular formula is C21H19NO3. The Kier molecular flexibility index (Phi) is 5.32. The summed E-state index contributed by atoms with van der Waals surface area (Å²) in [7, 11) is 1.62. The normalized spacial score (nSPS) is 11.4. The summed E-state index contributed by atoms with van der Waals surface area (Å²) in [6.45, 7) is 0. The van der Waals surface area contributed by atoms with Crippen molar-refractivity contribution in [2.75, 3.05) is 7.11 Å². The van der Waals surface area contributed by atoms with E-state index >= 15 is 0 Å². The van der Waals surface area contributed by atoms with Gasteiger partial charge in [0, 0.05) is 0 Å². The van der Waals surface area contributed by atoms with Crippen LogP contribution in [-0.2, 0) is 0 Å². The summed E-state index contributed by atoms with van der Waals surface area (Å²) in [5.41, 5.74) is 1.91. The molecule has 0 aromatic heterocycles. The first-order chi connectivity index (χ1) is 12.3. The van der Waals surface area contributed by atoms with Crippen molar-refractivity contribution in [3.8, 4) is 11.5 Å². The van der Waals surface area contributed by atoms with E-state index in [9.17, 15) is 4.79 Å². The minimum Gasteiger partial charge on any atom is -0.497 e. The van der Waals surface area contributed by atoms with Crippen LogP contribution in [-0.4, -0.2) is 13.2 Å². The van der Waals surface area contributed by atoms with E-state index in [1.54, 1.807) is 19.2 Å². The summed E-state index contributed by atoms with van der Waals surface area (Å²) in [6, 6.07) is 26.0. The lowest BCUT2D eigenvalue weighted by Gasteiger charge is -2.20. The van der Waals surface area contributed by atoms with E-state index in [0.29, 0.717) is 5.75 Å². The molecular weight excluding hydrogens is 314 g/mol. The van der Waals surface area contributed by atoms with Crippen molar-refractivity contribution in [2.45, 2.75) is 6.04 Å². The highest BCUT2D eigenvalue weighted by Crippen LogP contribution is 2.24. The molecule has 0 bridgehead atoms. The fraction of sp³-hybridized carbons (Fsp3) is 0.0952. The lowest BCUT2D eigenvalue weighted by atomic mass is 9.99. The van der Waals surface area contributed by atoms with Crippen molar-refractivity contribution in [1.82, 2.24) is 5.32 Å². The van der Waals surface area contributed by atoms with E-state index in [-0.39, 0.29) is 6.04 Å². The molecule has 0 saturated heterocycles. The van der Waals surface area contributed by atoms with Gasteiger partial charge in [-0.15, -0.1) is 0 Å². The van der Waals surface area contributed by atoms with Crippen LogP contribution in [0.5, 0.6) is 11.5 Å². The molecule has 0 aliphatic heterocycles. The number of carbonyl (C=O) groups excluding carboxylic acids is 1. The Labute approximate surface area is 147 Å². The number of hydrogen-bond acceptors (Lipinski definition) is 3. The van der Waals surface area contributed by atoms with Gasteiger partial charge in [-0.3, -0.25) is 0 Å². The van der Waals surface area contributed by atoms with Gasteiger partial charge in [0.25, 0.3) is 0 Å². The maximum Gasteiger partial charge on any atom is 0.413 e. The van der Waals surface area contributed by atoms with E-state index in [1.807, 2.05) is 72.8 Å². The van der Waals surface area contributed by atoms with Crippen LogP contribution in [0.25, 0.3) is 0 Å². The van der Waals surface area contributed by atoms with Gasteiger partial charge < -0.3 is 14.8 Å². The fourth-order valence-electron chi connectivity index (χ4n) is 2.54. The van der Waals surface area contributed by atoms with E-state index < -0.39 is 6.09 Å². The van der Waals surface area contributed by atoms with Gasteiger partial charge >= 0.3 is 6.09 Å². The molecule has 0 aliphatic carbocycles. The minimum absolute atomic E-state index is 0.316. The number of ether oxygens (including phenoxy) is 2. The van der Waals surface area contributed by atoms with Crippen LogP contribution in [0.1, 0.15) is 17.2 Å². The predicted octanol–water partition coefficient (Wildman–Crippen LogP) is 4.57. The third-order valence-electron chi connectivity index (χ3n) is 3.80. The number of rotatable bonds is 5. The zero-order valence-electron chi connectivity index (χ0n) is 13.9. The van der Waals surface area contributed by atoms with E-state index in [2.05, 4.69) is 5.32 Å². The first-order valence-electron chi connectivity index (χ1n) is 7.98. The number of para-hydroxylation sites is 1. The average Bonchev–Trinajstić information content (AvgIpc) is 2.68. The van der Waals surface area contributed by atoms with Gasteiger partial charge in [-0.2, -0.15) is 0 Å². The molecule has 126 valence electrons. The molecule has 0 saturated carbocycles. The van der Waals surface area contributed by atoms with Crippen LogP contribution in [0.15, 0.2) is 84.9 Å². The summed E-state index contributed by atoms with van der Waals surface area (Å²) in [4.78, 5) is 12.3. The summed E-state index contributed by atoms with van der Waals surface area (Å²) >= 11 is 0. The zero-order valence-corrected chi connectivity index (χ0v) is 13.9. The quantitative estimate of drug-likeness (QED) is 0.744. The monoisotopic (exact) mass is 333 g/mol. The van der Waals surface area contributed by atoms with Gasteiger partial charge in [-0.05, 0) is 35.4 Å². The smallest absolute Gasteiger partial charge is 0.413 e. The van der Waals surface area contributed by atoms with Crippen LogP contribution in [0.4, 0.5) is 4.79 Å². The van der Waals surface area contributed by atoms with Crippen molar-refractivity contribution in [3.05, 3.63) is 96.1 Å². The van der Waals surface area contributed by atoms with Crippen molar-refractivity contribution in [1.29, 1.82) is 0 Å². The van der Waals surface area contributed by atoms with Crippen LogP contribution in [0, 0.1) is 0 Å². The number of methoxy groups -OCH3 is 1. The topological polar surface area (TPSA) is 47.6 Å². The Morgan fingerprint density at radius 3 is 1.92 bits per heavy atom. The van der Waals surface area contributed by atoms with Crippen molar-refractivity contribution >= 4 is 6.09 Å². The Morgan fingerprint density at radius 1 is 0.760 bits per heavy atom. The van der Waals surface area contributed by atoms with Crippen LogP contribution >= 0.6 is 0 Å². The van der Waals surface area contributed by atoms with E-state index in [4.69, 9.17) is 9.47 Å². The molecule has 1 amide bonds. The first kappa shape index (κ1) is 16.6. The lowest BCUT2D eigenvalue weighted by molar-refractivity contribution is 0.198. The SMILES string of the molecule is COc1ccc(C(NC(=O)Oc2ccccc2)c2ccccc2)cc1. The molecule has 25 heavy (non-hydrogen) atoms. The molecule has 0 radical (unpaired) electrons. The largest absolute Gasteiger partial charge is 0.497 e. The van der Waals surface area contributed by atoms with Gasteiger partial charge in [0.2, 0.25) is 0 Å². The second-order valence-electron chi connectivity index (χ2n) is 5.46. The van der Waals surface area contributed by atoms with Crippen LogP contribution in [0.2, 0.25) is 0 Å². The summed E-state index contributed by atoms with van der Waals surface area (Å²) in [5.74, 6) is 1.27. The van der Waals surface area contributed by atoms with Crippen molar-refractivity contribution in [2.24, 2.45) is 0 Å². The van der Waals surface area contributed by atoms with E-state index in [0.717, 1.165) is 16.9 Å². The Morgan fingerprint density at radius 2 is 1.32 bits per heavy atom. The Bertz CT molecular complexity index is 802. The molecule has 0 spiro atoms. The average molecular weight is 333 g/mol.